The van der Waals surface area contributed by atoms with E-state index in [4.69, 9.17) is 9.15 Å². The summed E-state index contributed by atoms with van der Waals surface area (Å²) in [5.74, 6) is 0.191. The van der Waals surface area contributed by atoms with E-state index in [0.717, 1.165) is 0 Å². The maximum Gasteiger partial charge on any atom is 0.270 e. The van der Waals surface area contributed by atoms with Crippen LogP contribution in [0.25, 0.3) is 11.3 Å². The first-order valence-corrected chi connectivity index (χ1v) is 10.5. The molecule has 12 heteroatoms. The molecule has 0 saturated heterocycles. The molecule has 0 spiro atoms. The first-order valence-electron chi connectivity index (χ1n) is 9.73. The average molecular weight is 528 g/mol. The molecule has 0 unspecified atom stereocenters. The summed E-state index contributed by atoms with van der Waals surface area (Å²) in [7, 11) is 1.46. The number of aryl methyl sites for hydroxylation is 1. The Labute approximate surface area is 201 Å². The van der Waals surface area contributed by atoms with Crippen LogP contribution in [-0.2, 0) is 22.7 Å². The maximum absolute atomic E-state index is 12.6. The molecule has 11 nitrogen and oxygen atoms in total. The van der Waals surface area contributed by atoms with Crippen LogP contribution >= 0.6 is 15.9 Å². The van der Waals surface area contributed by atoms with Crippen molar-refractivity contribution in [1.82, 2.24) is 9.99 Å². The number of non-ortho nitro benzene ring substituents is 1. The fourth-order valence-electron chi connectivity index (χ4n) is 3.15. The summed E-state index contributed by atoms with van der Waals surface area (Å²) >= 11 is 3.29. The summed E-state index contributed by atoms with van der Waals surface area (Å²) in [6, 6.07) is 11.0. The van der Waals surface area contributed by atoms with E-state index in [1.165, 1.54) is 30.0 Å². The Morgan fingerprint density at radius 2 is 2.15 bits per heavy atom. The lowest BCUT2D eigenvalue weighted by Gasteiger charge is -2.12. The van der Waals surface area contributed by atoms with Gasteiger partial charge in [-0.15, -0.1) is 0 Å². The summed E-state index contributed by atoms with van der Waals surface area (Å²) in [6.45, 7) is 1.43. The molecule has 2 heterocycles. The highest BCUT2D eigenvalue weighted by atomic mass is 79.9. The van der Waals surface area contributed by atoms with Crippen LogP contribution in [0.1, 0.15) is 22.6 Å². The lowest BCUT2D eigenvalue weighted by molar-refractivity contribution is -0.384. The van der Waals surface area contributed by atoms with E-state index in [9.17, 15) is 25.0 Å². The molecule has 174 valence electrons. The third kappa shape index (κ3) is 5.45. The van der Waals surface area contributed by atoms with Crippen molar-refractivity contribution in [2.24, 2.45) is 5.10 Å². The molecule has 0 aliphatic heterocycles. The number of methoxy groups -OCH3 is 1. The fourth-order valence-corrected chi connectivity index (χ4v) is 3.71. The summed E-state index contributed by atoms with van der Waals surface area (Å²) < 4.78 is 12.3. The van der Waals surface area contributed by atoms with Crippen LogP contribution in [0.2, 0.25) is 0 Å². The van der Waals surface area contributed by atoms with Crippen LogP contribution in [0.5, 0.6) is 0 Å². The average Bonchev–Trinajstić information content (AvgIpc) is 3.25. The van der Waals surface area contributed by atoms with E-state index in [-0.39, 0.29) is 24.4 Å². The van der Waals surface area contributed by atoms with Gasteiger partial charge < -0.3 is 13.7 Å². The summed E-state index contributed by atoms with van der Waals surface area (Å²) in [6.07, 6.45) is 1.28. The number of nitrogens with zero attached hydrogens (tertiary/aromatic N) is 4. The highest BCUT2D eigenvalue weighted by Crippen LogP contribution is 2.32. The van der Waals surface area contributed by atoms with Gasteiger partial charge in [0.05, 0.1) is 17.7 Å². The molecule has 34 heavy (non-hydrogen) atoms. The number of nitrogens with one attached hydrogen (secondary N) is 1. The van der Waals surface area contributed by atoms with Crippen molar-refractivity contribution in [3.63, 3.8) is 0 Å². The van der Waals surface area contributed by atoms with Gasteiger partial charge in [-0.2, -0.15) is 10.4 Å². The number of carbonyl (C=O) groups is 1. The standard InChI is InChI=1S/C22H18BrN5O6/c1-13-7-14(12-33-2)18(9-24)22(30)27(13)11-21(29)26-25-10-16-4-6-20(34-16)17-5-3-15(28(31)32)8-19(17)23/h3-8,10H,11-12H2,1-2H3,(H,26,29)/b25-10+. The Balaban J connectivity index is 1.69. The molecular formula is C22H18BrN5O6. The van der Waals surface area contributed by atoms with E-state index >= 15 is 0 Å². The number of rotatable bonds is 8. The SMILES string of the molecule is COCc1cc(C)n(CC(=O)N/N=C/c2ccc(-c3ccc([N+](=O)[O-])cc3Br)o2)c(=O)c1C#N. The number of hydrogen-bond donors (Lipinski definition) is 1. The largest absolute Gasteiger partial charge is 0.455 e. The number of aromatic nitrogens is 1. The number of nitriles is 1. The van der Waals surface area contributed by atoms with Crippen LogP contribution in [-0.4, -0.2) is 28.7 Å². The van der Waals surface area contributed by atoms with Gasteiger partial charge >= 0.3 is 0 Å². The Kier molecular flexibility index (Phi) is 7.72. The van der Waals surface area contributed by atoms with Crippen LogP contribution < -0.4 is 11.0 Å². The third-order valence-electron chi connectivity index (χ3n) is 4.74. The van der Waals surface area contributed by atoms with Gasteiger partial charge in [0.1, 0.15) is 29.7 Å². The van der Waals surface area contributed by atoms with Gasteiger partial charge in [0.2, 0.25) is 0 Å². The van der Waals surface area contributed by atoms with E-state index in [1.54, 1.807) is 31.2 Å². The zero-order valence-electron chi connectivity index (χ0n) is 18.1. The predicted octanol–water partition coefficient (Wildman–Crippen LogP) is 3.26. The van der Waals surface area contributed by atoms with Crippen molar-refractivity contribution >= 4 is 33.7 Å². The Morgan fingerprint density at radius 1 is 1.38 bits per heavy atom. The maximum atomic E-state index is 12.6. The predicted molar refractivity (Wildman–Crippen MR) is 125 cm³/mol. The van der Waals surface area contributed by atoms with Crippen molar-refractivity contribution in [1.29, 1.82) is 5.26 Å². The second kappa shape index (κ2) is 10.7. The van der Waals surface area contributed by atoms with Crippen LogP contribution in [0.4, 0.5) is 5.69 Å². The molecule has 1 N–H and O–H groups in total. The highest BCUT2D eigenvalue weighted by Gasteiger charge is 2.15. The van der Waals surface area contributed by atoms with Gasteiger partial charge in [-0.3, -0.25) is 19.7 Å². The van der Waals surface area contributed by atoms with Crippen molar-refractivity contribution in [3.8, 4) is 17.4 Å². The van der Waals surface area contributed by atoms with Crippen LogP contribution in [0, 0.1) is 28.4 Å². The number of amides is 1. The second-order valence-electron chi connectivity index (χ2n) is 7.04. The second-order valence-corrected chi connectivity index (χ2v) is 7.89. The summed E-state index contributed by atoms with van der Waals surface area (Å²) in [5, 5.41) is 24.0. The molecule has 0 atom stereocenters. The van der Waals surface area contributed by atoms with Gasteiger partial charge in [0.25, 0.3) is 17.2 Å². The smallest absolute Gasteiger partial charge is 0.270 e. The number of nitro groups is 1. The number of hydrogen-bond acceptors (Lipinski definition) is 8. The molecule has 1 amide bonds. The number of furan rings is 1. The zero-order valence-corrected chi connectivity index (χ0v) is 19.7. The Morgan fingerprint density at radius 3 is 2.79 bits per heavy atom. The third-order valence-corrected chi connectivity index (χ3v) is 5.40. The highest BCUT2D eigenvalue weighted by molar-refractivity contribution is 9.10. The Bertz CT molecular complexity index is 1390. The number of halogens is 1. The normalized spacial score (nSPS) is 10.9. The molecule has 1 aromatic carbocycles. The molecule has 3 aromatic rings. The van der Waals surface area contributed by atoms with Crippen molar-refractivity contribution in [2.45, 2.75) is 20.1 Å². The fraction of sp³-hybridized carbons (Fsp3) is 0.182. The minimum atomic E-state index is -0.585. The minimum absolute atomic E-state index is 0.0590. The van der Waals surface area contributed by atoms with Gasteiger partial charge in [0, 0.05) is 40.5 Å². The monoisotopic (exact) mass is 527 g/mol. The summed E-state index contributed by atoms with van der Waals surface area (Å²) in [4.78, 5) is 35.3. The summed E-state index contributed by atoms with van der Waals surface area (Å²) in [5.41, 5.74) is 3.15. The van der Waals surface area contributed by atoms with Crippen LogP contribution in [0.15, 0.2) is 55.2 Å². The molecule has 0 radical (unpaired) electrons. The molecule has 0 fully saturated rings. The number of benzene rings is 1. The number of hydrazone groups is 1. The van der Waals surface area contributed by atoms with Gasteiger partial charge in [-0.05, 0) is 47.1 Å². The van der Waals surface area contributed by atoms with Crippen molar-refractivity contribution in [3.05, 3.63) is 83.9 Å². The number of ether oxygens (including phenoxy) is 1. The van der Waals surface area contributed by atoms with Crippen LogP contribution in [0.3, 0.4) is 0 Å². The lowest BCUT2D eigenvalue weighted by atomic mass is 10.1. The molecule has 0 aliphatic rings. The molecular weight excluding hydrogens is 510 g/mol. The number of carbonyl (C=O) groups excluding carboxylic acids is 1. The molecule has 0 aliphatic carbocycles. The van der Waals surface area contributed by atoms with E-state index in [2.05, 4.69) is 26.5 Å². The molecule has 2 aromatic heterocycles. The van der Waals surface area contributed by atoms with E-state index < -0.39 is 16.4 Å². The van der Waals surface area contributed by atoms with Crippen molar-refractivity contribution < 1.29 is 18.9 Å². The number of nitro benzene ring substituents is 1. The lowest BCUT2D eigenvalue weighted by Crippen LogP contribution is -2.33. The van der Waals surface area contributed by atoms with Gasteiger partial charge in [-0.1, -0.05) is 0 Å². The Hall–Kier alpha value is -4.08. The zero-order chi connectivity index (χ0) is 24.8. The molecule has 0 saturated carbocycles. The number of pyridine rings is 1. The molecule has 0 bridgehead atoms. The van der Waals surface area contributed by atoms with Gasteiger partial charge in [0.15, 0.2) is 0 Å². The van der Waals surface area contributed by atoms with Gasteiger partial charge in [-0.25, -0.2) is 5.43 Å². The quantitative estimate of drug-likeness (QED) is 0.268. The van der Waals surface area contributed by atoms with E-state index in [0.29, 0.717) is 32.8 Å². The minimum Gasteiger partial charge on any atom is -0.455 e. The van der Waals surface area contributed by atoms with Crippen molar-refractivity contribution in [2.75, 3.05) is 7.11 Å². The first kappa shape index (κ1) is 24.6. The van der Waals surface area contributed by atoms with E-state index in [1.807, 2.05) is 6.07 Å². The molecule has 3 rings (SSSR count). The topological polar surface area (TPSA) is 153 Å². The first-order chi connectivity index (χ1) is 16.2.